The van der Waals surface area contributed by atoms with Crippen molar-refractivity contribution < 1.29 is 0 Å². The standard InChI is InChI=1S/C18H19Cl2N3/c1-2-22-18(21)13-23(11-14-3-7-16(19)8-4-14)12-15-5-9-17(20)10-6-15/h2-10H,1,11-13H2,(H2,21,22). The Hall–Kier alpha value is -1.81. The molecule has 2 aromatic rings. The molecule has 23 heavy (non-hydrogen) atoms. The second kappa shape index (κ2) is 8.73. The fourth-order valence-corrected chi connectivity index (χ4v) is 2.50. The highest BCUT2D eigenvalue weighted by Gasteiger charge is 2.09. The number of benzene rings is 2. The van der Waals surface area contributed by atoms with Crippen LogP contribution in [0, 0.1) is 0 Å². The van der Waals surface area contributed by atoms with Gasteiger partial charge in [-0.1, -0.05) is 54.0 Å². The zero-order chi connectivity index (χ0) is 16.7. The first-order valence-corrected chi connectivity index (χ1v) is 7.96. The molecule has 0 saturated carbocycles. The third kappa shape index (κ3) is 6.06. The van der Waals surface area contributed by atoms with Crippen LogP contribution in [0.2, 0.25) is 10.0 Å². The molecule has 0 spiro atoms. The zero-order valence-electron chi connectivity index (χ0n) is 12.8. The molecule has 0 amide bonds. The van der Waals surface area contributed by atoms with Gasteiger partial charge in [0, 0.05) is 29.3 Å². The van der Waals surface area contributed by atoms with Crippen molar-refractivity contribution >= 4 is 29.0 Å². The minimum absolute atomic E-state index is 0.530. The molecular weight excluding hydrogens is 329 g/mol. The van der Waals surface area contributed by atoms with Crippen LogP contribution < -0.4 is 5.73 Å². The largest absolute Gasteiger partial charge is 0.386 e. The molecule has 0 atom stereocenters. The Labute approximate surface area is 147 Å². The lowest BCUT2D eigenvalue weighted by Gasteiger charge is -2.22. The van der Waals surface area contributed by atoms with E-state index in [1.807, 2.05) is 48.5 Å². The molecule has 0 aliphatic rings. The van der Waals surface area contributed by atoms with Crippen molar-refractivity contribution in [2.75, 3.05) is 6.54 Å². The summed E-state index contributed by atoms with van der Waals surface area (Å²) in [5, 5.41) is 1.46. The van der Waals surface area contributed by atoms with Crippen LogP contribution in [0.4, 0.5) is 0 Å². The van der Waals surface area contributed by atoms with Crippen LogP contribution in [0.3, 0.4) is 0 Å². The molecule has 0 bridgehead atoms. The molecule has 120 valence electrons. The van der Waals surface area contributed by atoms with Gasteiger partial charge in [0.1, 0.15) is 5.84 Å². The molecule has 2 rings (SSSR count). The zero-order valence-corrected chi connectivity index (χ0v) is 14.3. The molecule has 0 fully saturated rings. The Morgan fingerprint density at radius 3 is 1.78 bits per heavy atom. The van der Waals surface area contributed by atoms with Crippen molar-refractivity contribution in [2.45, 2.75) is 13.1 Å². The van der Waals surface area contributed by atoms with E-state index < -0.39 is 0 Å². The Bertz CT molecular complexity index is 616. The van der Waals surface area contributed by atoms with Crippen LogP contribution >= 0.6 is 23.2 Å². The lowest BCUT2D eigenvalue weighted by Crippen LogP contribution is -2.33. The van der Waals surface area contributed by atoms with E-state index in [-0.39, 0.29) is 0 Å². The maximum absolute atomic E-state index is 5.94. The highest BCUT2D eigenvalue weighted by molar-refractivity contribution is 6.30. The average molecular weight is 348 g/mol. The maximum atomic E-state index is 5.94. The number of halogens is 2. The lowest BCUT2D eigenvalue weighted by molar-refractivity contribution is 0.294. The van der Waals surface area contributed by atoms with Gasteiger partial charge in [0.15, 0.2) is 0 Å². The van der Waals surface area contributed by atoms with Gasteiger partial charge in [-0.25, -0.2) is 4.99 Å². The second-order valence-corrected chi connectivity index (χ2v) is 6.07. The Morgan fingerprint density at radius 2 is 1.39 bits per heavy atom. The van der Waals surface area contributed by atoms with E-state index in [9.17, 15) is 0 Å². The van der Waals surface area contributed by atoms with Crippen LogP contribution in [-0.4, -0.2) is 17.3 Å². The van der Waals surface area contributed by atoms with E-state index >= 15 is 0 Å². The molecule has 2 N–H and O–H groups in total. The fourth-order valence-electron chi connectivity index (χ4n) is 2.25. The van der Waals surface area contributed by atoms with Crippen LogP contribution in [0.15, 0.2) is 66.3 Å². The molecule has 0 radical (unpaired) electrons. The molecule has 0 aromatic heterocycles. The van der Waals surface area contributed by atoms with Gasteiger partial charge in [0.25, 0.3) is 0 Å². The van der Waals surface area contributed by atoms with Gasteiger partial charge < -0.3 is 5.73 Å². The first kappa shape index (κ1) is 17.5. The second-order valence-electron chi connectivity index (χ2n) is 5.20. The van der Waals surface area contributed by atoms with E-state index in [4.69, 9.17) is 28.9 Å². The van der Waals surface area contributed by atoms with Crippen molar-refractivity contribution in [1.82, 2.24) is 4.90 Å². The molecule has 0 aliphatic carbocycles. The first-order chi connectivity index (χ1) is 11.1. The third-order valence-corrected chi connectivity index (χ3v) is 3.79. The van der Waals surface area contributed by atoms with E-state index in [1.54, 1.807) is 0 Å². The number of amidine groups is 1. The van der Waals surface area contributed by atoms with E-state index in [2.05, 4.69) is 16.5 Å². The highest BCUT2D eigenvalue weighted by Crippen LogP contribution is 2.15. The van der Waals surface area contributed by atoms with Gasteiger partial charge in [-0.15, -0.1) is 0 Å². The van der Waals surface area contributed by atoms with Crippen molar-refractivity contribution in [3.63, 3.8) is 0 Å². The molecular formula is C18H19Cl2N3. The van der Waals surface area contributed by atoms with Crippen molar-refractivity contribution in [3.05, 3.63) is 82.5 Å². The minimum Gasteiger partial charge on any atom is -0.386 e. The third-order valence-electron chi connectivity index (χ3n) is 3.28. The summed E-state index contributed by atoms with van der Waals surface area (Å²) < 4.78 is 0. The number of hydrogen-bond acceptors (Lipinski definition) is 2. The van der Waals surface area contributed by atoms with E-state index in [0.29, 0.717) is 12.4 Å². The number of nitrogens with zero attached hydrogens (tertiary/aromatic N) is 2. The van der Waals surface area contributed by atoms with Gasteiger partial charge in [-0.2, -0.15) is 0 Å². The summed E-state index contributed by atoms with van der Waals surface area (Å²) in [5.41, 5.74) is 8.26. The summed E-state index contributed by atoms with van der Waals surface area (Å²) in [6.45, 7) is 5.62. The Morgan fingerprint density at radius 1 is 0.957 bits per heavy atom. The molecule has 0 aliphatic heterocycles. The number of nitrogens with two attached hydrogens (primary N) is 1. The van der Waals surface area contributed by atoms with Gasteiger partial charge >= 0.3 is 0 Å². The summed E-state index contributed by atoms with van der Waals surface area (Å²) >= 11 is 11.9. The summed E-state index contributed by atoms with van der Waals surface area (Å²) in [6, 6.07) is 15.6. The Balaban J connectivity index is 2.13. The average Bonchev–Trinajstić information content (AvgIpc) is 2.52. The van der Waals surface area contributed by atoms with Crippen molar-refractivity contribution in [2.24, 2.45) is 10.7 Å². The highest BCUT2D eigenvalue weighted by atomic mass is 35.5. The molecule has 3 nitrogen and oxygen atoms in total. The maximum Gasteiger partial charge on any atom is 0.113 e. The van der Waals surface area contributed by atoms with E-state index in [0.717, 1.165) is 34.3 Å². The summed E-state index contributed by atoms with van der Waals surface area (Å²) in [5.74, 6) is 0.530. The molecule has 2 aromatic carbocycles. The number of rotatable bonds is 7. The van der Waals surface area contributed by atoms with Gasteiger partial charge in [0.2, 0.25) is 0 Å². The first-order valence-electron chi connectivity index (χ1n) is 7.21. The predicted molar refractivity (Wildman–Crippen MR) is 98.8 cm³/mol. The quantitative estimate of drug-likeness (QED) is 0.591. The van der Waals surface area contributed by atoms with Gasteiger partial charge in [0.05, 0.1) is 6.54 Å². The minimum atomic E-state index is 0.530. The van der Waals surface area contributed by atoms with Crippen LogP contribution in [0.5, 0.6) is 0 Å². The normalized spacial score (nSPS) is 11.7. The molecule has 5 heteroatoms. The molecule has 0 saturated heterocycles. The molecule has 0 heterocycles. The van der Waals surface area contributed by atoms with Crippen LogP contribution in [0.25, 0.3) is 0 Å². The van der Waals surface area contributed by atoms with Crippen LogP contribution in [0.1, 0.15) is 11.1 Å². The van der Waals surface area contributed by atoms with Gasteiger partial charge in [-0.05, 0) is 35.4 Å². The SMILES string of the molecule is C=CN=C(N)CN(Cc1ccc(Cl)cc1)Cc1ccc(Cl)cc1. The fraction of sp³-hybridized carbons (Fsp3) is 0.167. The van der Waals surface area contributed by atoms with Crippen molar-refractivity contribution in [1.29, 1.82) is 0 Å². The van der Waals surface area contributed by atoms with E-state index in [1.165, 1.54) is 6.20 Å². The summed E-state index contributed by atoms with van der Waals surface area (Å²) in [7, 11) is 0. The number of aliphatic imine (C=N–C) groups is 1. The smallest absolute Gasteiger partial charge is 0.113 e. The predicted octanol–water partition coefficient (Wildman–Crippen LogP) is 4.50. The molecule has 0 unspecified atom stereocenters. The van der Waals surface area contributed by atoms with Gasteiger partial charge in [-0.3, -0.25) is 4.90 Å². The lowest BCUT2D eigenvalue weighted by atomic mass is 10.1. The monoisotopic (exact) mass is 347 g/mol. The van der Waals surface area contributed by atoms with Crippen molar-refractivity contribution in [3.8, 4) is 0 Å². The Kier molecular flexibility index (Phi) is 6.66. The number of hydrogen-bond donors (Lipinski definition) is 1. The summed E-state index contributed by atoms with van der Waals surface area (Å²) in [4.78, 5) is 6.25. The van der Waals surface area contributed by atoms with Crippen LogP contribution in [-0.2, 0) is 13.1 Å². The summed E-state index contributed by atoms with van der Waals surface area (Å²) in [6.07, 6.45) is 1.46. The topological polar surface area (TPSA) is 41.6 Å².